The third-order valence-corrected chi connectivity index (χ3v) is 10.7. The molecule has 0 aliphatic heterocycles. The Morgan fingerprint density at radius 2 is 0.770 bits per heavy atom. The largest absolute Gasteiger partial charge is 0.399 e. The van der Waals surface area contributed by atoms with Crippen molar-refractivity contribution in [3.05, 3.63) is 225 Å². The molecule has 290 valence electrons. The molecule has 0 amide bonds. The first-order valence-corrected chi connectivity index (χ1v) is 19.8. The number of nitrogens with two attached hydrogens (primary N) is 1. The highest BCUT2D eigenvalue weighted by molar-refractivity contribution is 6.61. The van der Waals surface area contributed by atoms with Crippen molar-refractivity contribution in [2.24, 2.45) is 0 Å². The normalized spacial score (nSPS) is 12.3. The van der Waals surface area contributed by atoms with Crippen LogP contribution in [-0.2, 0) is 0 Å². The minimum Gasteiger partial charge on any atom is -0.399 e. The molecule has 0 atom stereocenters. The summed E-state index contributed by atoms with van der Waals surface area (Å²) in [7, 11) is 0. The van der Waals surface area contributed by atoms with Crippen LogP contribution < -0.4 is 5.73 Å². The first-order valence-electron chi connectivity index (χ1n) is 19.8. The van der Waals surface area contributed by atoms with Gasteiger partial charge < -0.3 is 5.73 Å². The highest BCUT2D eigenvalue weighted by Gasteiger charge is 2.21. The molecule has 0 radical (unpaired) electrons. The molecule has 5 aromatic carbocycles. The molecule has 4 heterocycles. The van der Waals surface area contributed by atoms with E-state index in [2.05, 4.69) is 105 Å². The number of nitrogens with one attached hydrogen (secondary N) is 2. The molecule has 7 heteroatoms. The second-order valence-corrected chi connectivity index (χ2v) is 14.7. The smallest absolute Gasteiger partial charge is 0.0867 e. The third kappa shape index (κ3) is 8.58. The lowest BCUT2D eigenvalue weighted by Crippen LogP contribution is -2.16. The van der Waals surface area contributed by atoms with E-state index in [1.807, 2.05) is 72.8 Å². The SMILES string of the molecule is N=C1C=C(c2cc(-c3ccncc3)cc(-c3ccncc3)c2)C=C(c2cc(-c3ccncc3)cc(-c3ccncc3)c2)C1=N.Nc1cccc(-c2ccc3ccccc3c2)c1. The van der Waals surface area contributed by atoms with Gasteiger partial charge in [0.25, 0.3) is 0 Å². The van der Waals surface area contributed by atoms with Crippen LogP contribution in [0.2, 0.25) is 0 Å². The number of anilines is 1. The van der Waals surface area contributed by atoms with Crippen molar-refractivity contribution in [3.8, 4) is 55.6 Å². The number of allylic oxidation sites excluding steroid dienone is 4. The number of hydrogen-bond acceptors (Lipinski definition) is 7. The minimum atomic E-state index is 0.164. The van der Waals surface area contributed by atoms with Crippen molar-refractivity contribution in [1.82, 2.24) is 19.9 Å². The fourth-order valence-corrected chi connectivity index (χ4v) is 7.55. The molecular formula is C54H39N7. The molecule has 1 aliphatic rings. The van der Waals surface area contributed by atoms with Gasteiger partial charge in [0.2, 0.25) is 0 Å². The summed E-state index contributed by atoms with van der Waals surface area (Å²) < 4.78 is 0. The lowest BCUT2D eigenvalue weighted by atomic mass is 9.84. The van der Waals surface area contributed by atoms with E-state index in [9.17, 15) is 0 Å². The molecule has 0 unspecified atom stereocenters. The molecule has 7 nitrogen and oxygen atoms in total. The van der Waals surface area contributed by atoms with Gasteiger partial charge in [-0.05, 0) is 198 Å². The Morgan fingerprint density at radius 3 is 1.26 bits per heavy atom. The summed E-state index contributed by atoms with van der Waals surface area (Å²) in [6, 6.07) is 51.5. The van der Waals surface area contributed by atoms with Crippen molar-refractivity contribution in [2.75, 3.05) is 5.73 Å². The monoisotopic (exact) mass is 785 g/mol. The summed E-state index contributed by atoms with van der Waals surface area (Å²) in [5, 5.41) is 20.3. The molecule has 61 heavy (non-hydrogen) atoms. The van der Waals surface area contributed by atoms with Crippen molar-refractivity contribution < 1.29 is 0 Å². The fraction of sp³-hybridized carbons (Fsp3) is 0. The zero-order valence-electron chi connectivity index (χ0n) is 33.1. The zero-order chi connectivity index (χ0) is 41.5. The van der Waals surface area contributed by atoms with Crippen LogP contribution in [0.25, 0.3) is 77.6 Å². The van der Waals surface area contributed by atoms with Gasteiger partial charge in [-0.1, -0.05) is 48.5 Å². The molecule has 0 saturated carbocycles. The maximum absolute atomic E-state index is 8.97. The van der Waals surface area contributed by atoms with Crippen LogP contribution in [0.1, 0.15) is 11.1 Å². The summed E-state index contributed by atoms with van der Waals surface area (Å²) in [5.74, 6) is 0. The van der Waals surface area contributed by atoms with Gasteiger partial charge in [-0.2, -0.15) is 0 Å². The molecule has 4 aromatic heterocycles. The number of fused-ring (bicyclic) bond motifs is 1. The maximum atomic E-state index is 8.97. The second-order valence-electron chi connectivity index (χ2n) is 14.7. The van der Waals surface area contributed by atoms with Gasteiger partial charge in [0.05, 0.1) is 11.4 Å². The van der Waals surface area contributed by atoms with Gasteiger partial charge in [0.15, 0.2) is 0 Å². The van der Waals surface area contributed by atoms with E-state index in [4.69, 9.17) is 16.6 Å². The lowest BCUT2D eigenvalue weighted by molar-refractivity contribution is 1.32. The Bertz CT molecular complexity index is 2990. The predicted octanol–water partition coefficient (Wildman–Crippen LogP) is 12.5. The van der Waals surface area contributed by atoms with Gasteiger partial charge in [-0.3, -0.25) is 30.8 Å². The molecule has 1 aliphatic carbocycles. The maximum Gasteiger partial charge on any atom is 0.0867 e. The number of rotatable bonds is 7. The molecule has 0 fully saturated rings. The third-order valence-electron chi connectivity index (χ3n) is 10.7. The predicted molar refractivity (Wildman–Crippen MR) is 251 cm³/mol. The summed E-state index contributed by atoms with van der Waals surface area (Å²) >= 11 is 0. The number of hydrogen-bond donors (Lipinski definition) is 3. The van der Waals surface area contributed by atoms with Crippen molar-refractivity contribution >= 4 is 39.0 Å². The lowest BCUT2D eigenvalue weighted by Gasteiger charge is -2.20. The average Bonchev–Trinajstić information content (AvgIpc) is 3.33. The molecular weight excluding hydrogens is 747 g/mol. The first kappa shape index (κ1) is 38.1. The van der Waals surface area contributed by atoms with E-state index in [0.29, 0.717) is 5.57 Å². The molecule has 9 aromatic rings. The van der Waals surface area contributed by atoms with Crippen molar-refractivity contribution in [2.45, 2.75) is 0 Å². The number of benzene rings is 5. The Balaban J connectivity index is 0.000000233. The van der Waals surface area contributed by atoms with Crippen LogP contribution in [0, 0.1) is 10.8 Å². The van der Waals surface area contributed by atoms with Gasteiger partial charge in [-0.15, -0.1) is 0 Å². The summed E-state index contributed by atoms with van der Waals surface area (Å²) in [6.45, 7) is 0. The van der Waals surface area contributed by atoms with Crippen LogP contribution in [-0.4, -0.2) is 31.4 Å². The molecule has 10 rings (SSSR count). The van der Waals surface area contributed by atoms with Gasteiger partial charge in [0, 0.05) is 60.8 Å². The summed E-state index contributed by atoms with van der Waals surface area (Å²) in [6.07, 6.45) is 18.1. The Kier molecular flexibility index (Phi) is 10.8. The van der Waals surface area contributed by atoms with Crippen LogP contribution in [0.15, 0.2) is 213 Å². The van der Waals surface area contributed by atoms with Gasteiger partial charge >= 0.3 is 0 Å². The summed E-state index contributed by atoms with van der Waals surface area (Å²) in [4.78, 5) is 16.8. The van der Waals surface area contributed by atoms with E-state index >= 15 is 0 Å². The van der Waals surface area contributed by atoms with Crippen LogP contribution in [0.5, 0.6) is 0 Å². The Labute approximate surface area is 354 Å². The Hall–Kier alpha value is -8.42. The van der Waals surface area contributed by atoms with E-state index < -0.39 is 0 Å². The molecule has 0 spiro atoms. The number of nitrogens with zero attached hydrogens (tertiary/aromatic N) is 4. The first-order chi connectivity index (χ1) is 29.9. The molecule has 0 saturated heterocycles. The van der Waals surface area contributed by atoms with Crippen LogP contribution >= 0.6 is 0 Å². The average molecular weight is 786 g/mol. The van der Waals surface area contributed by atoms with Gasteiger partial charge in [0.1, 0.15) is 0 Å². The van der Waals surface area contributed by atoms with E-state index in [1.54, 1.807) is 55.7 Å². The number of nitrogen functional groups attached to an aromatic ring is 1. The Morgan fingerprint density at radius 1 is 0.328 bits per heavy atom. The van der Waals surface area contributed by atoms with E-state index in [1.165, 1.54) is 16.3 Å². The van der Waals surface area contributed by atoms with Crippen molar-refractivity contribution in [3.63, 3.8) is 0 Å². The minimum absolute atomic E-state index is 0.164. The highest BCUT2D eigenvalue weighted by atomic mass is 14.6. The van der Waals surface area contributed by atoms with Crippen molar-refractivity contribution in [1.29, 1.82) is 10.8 Å². The quantitative estimate of drug-likeness (QED) is 0.110. The van der Waals surface area contributed by atoms with Crippen LogP contribution in [0.4, 0.5) is 5.69 Å². The topological polar surface area (TPSA) is 125 Å². The van der Waals surface area contributed by atoms with Gasteiger partial charge in [-0.25, -0.2) is 0 Å². The fourth-order valence-electron chi connectivity index (χ4n) is 7.55. The second kappa shape index (κ2) is 17.2. The highest BCUT2D eigenvalue weighted by Crippen LogP contribution is 2.37. The van der Waals surface area contributed by atoms with E-state index in [0.717, 1.165) is 72.5 Å². The number of pyridine rings is 4. The molecule has 4 N–H and O–H groups in total. The van der Waals surface area contributed by atoms with E-state index in [-0.39, 0.29) is 11.4 Å². The zero-order valence-corrected chi connectivity index (χ0v) is 33.1. The summed E-state index contributed by atoms with van der Waals surface area (Å²) in [5.41, 5.74) is 21.0. The van der Waals surface area contributed by atoms with Crippen LogP contribution in [0.3, 0.4) is 0 Å². The molecule has 0 bridgehead atoms. The standard InChI is InChI=1S/C38H26N6.C16H13N/c39-37-24-34(33-19-29(25-1-9-41-10-2-25)17-30(20-33)26-3-11-42-12-4-26)23-36(38(37)40)35-21-31(27-5-13-43-14-6-27)18-32(22-35)28-7-15-44-16-8-28;17-16-7-3-6-14(11-16)15-9-8-12-4-1-2-5-13(12)10-15/h1-24,39-40H;1-11H,17H2. The number of aromatic nitrogens is 4.